The molecule has 1 aromatic heterocycles. The van der Waals surface area contributed by atoms with Gasteiger partial charge < -0.3 is 24.6 Å². The van der Waals surface area contributed by atoms with E-state index in [9.17, 15) is 0 Å². The van der Waals surface area contributed by atoms with Crippen LogP contribution in [0.2, 0.25) is 0 Å². The molecule has 0 aliphatic carbocycles. The zero-order chi connectivity index (χ0) is 16.9. The lowest BCUT2D eigenvalue weighted by atomic mass is 10.0. The van der Waals surface area contributed by atoms with Gasteiger partial charge in [0.15, 0.2) is 0 Å². The van der Waals surface area contributed by atoms with Crippen molar-refractivity contribution in [1.29, 1.82) is 0 Å². The van der Waals surface area contributed by atoms with Gasteiger partial charge in [-0.3, -0.25) is 0 Å². The number of rotatable bonds is 5. The Kier molecular flexibility index (Phi) is 5.64. The number of nitrogens with one attached hydrogen (secondary N) is 1. The molecular formula is C18H29N5O2. The molecule has 1 N–H and O–H groups in total. The second kappa shape index (κ2) is 8.29. The van der Waals surface area contributed by atoms with E-state index >= 15 is 0 Å². The SMILES string of the molecule is c1cc(N2CCOCC2)nc(NC2CCN(CC3CCCOC3)C2)n1. The van der Waals surface area contributed by atoms with E-state index in [-0.39, 0.29) is 0 Å². The van der Waals surface area contributed by atoms with Gasteiger partial charge in [-0.1, -0.05) is 0 Å². The molecule has 0 saturated carbocycles. The quantitative estimate of drug-likeness (QED) is 0.859. The first-order valence-electron chi connectivity index (χ1n) is 9.59. The van der Waals surface area contributed by atoms with Gasteiger partial charge in [-0.15, -0.1) is 0 Å². The molecule has 0 spiro atoms. The molecular weight excluding hydrogens is 318 g/mol. The summed E-state index contributed by atoms with van der Waals surface area (Å²) in [5.74, 6) is 2.44. The monoisotopic (exact) mass is 347 g/mol. The summed E-state index contributed by atoms with van der Waals surface area (Å²) in [5, 5.41) is 3.53. The molecule has 2 unspecified atom stereocenters. The fourth-order valence-electron chi connectivity index (χ4n) is 4.00. The van der Waals surface area contributed by atoms with E-state index in [1.165, 1.54) is 12.8 Å². The highest BCUT2D eigenvalue weighted by Gasteiger charge is 2.26. The molecule has 3 aliphatic rings. The first-order chi connectivity index (χ1) is 12.4. The minimum atomic E-state index is 0.435. The van der Waals surface area contributed by atoms with Gasteiger partial charge in [0.25, 0.3) is 0 Å². The topological polar surface area (TPSA) is 62.8 Å². The molecule has 4 heterocycles. The average Bonchev–Trinajstić information content (AvgIpc) is 3.10. The van der Waals surface area contributed by atoms with Gasteiger partial charge >= 0.3 is 0 Å². The van der Waals surface area contributed by atoms with E-state index in [1.54, 1.807) is 0 Å². The molecule has 25 heavy (non-hydrogen) atoms. The molecule has 1 aromatic rings. The average molecular weight is 347 g/mol. The summed E-state index contributed by atoms with van der Waals surface area (Å²) in [4.78, 5) is 14.0. The van der Waals surface area contributed by atoms with E-state index in [2.05, 4.69) is 20.1 Å². The van der Waals surface area contributed by atoms with Crippen molar-refractivity contribution in [2.75, 3.05) is 69.4 Å². The predicted molar refractivity (Wildman–Crippen MR) is 97.1 cm³/mol. The Bertz CT molecular complexity index is 546. The summed E-state index contributed by atoms with van der Waals surface area (Å²) < 4.78 is 11.0. The summed E-state index contributed by atoms with van der Waals surface area (Å²) in [7, 11) is 0. The number of ether oxygens (including phenoxy) is 2. The summed E-state index contributed by atoms with van der Waals surface area (Å²) in [5.41, 5.74) is 0. The molecule has 0 radical (unpaired) electrons. The number of likely N-dealkylation sites (tertiary alicyclic amines) is 1. The van der Waals surface area contributed by atoms with Crippen LogP contribution < -0.4 is 10.2 Å². The van der Waals surface area contributed by atoms with E-state index in [1.807, 2.05) is 12.3 Å². The van der Waals surface area contributed by atoms with Gasteiger partial charge in [-0.05, 0) is 31.2 Å². The number of nitrogens with zero attached hydrogens (tertiary/aromatic N) is 4. The van der Waals surface area contributed by atoms with Crippen LogP contribution in [0.1, 0.15) is 19.3 Å². The van der Waals surface area contributed by atoms with Crippen LogP contribution in [0.5, 0.6) is 0 Å². The summed E-state index contributed by atoms with van der Waals surface area (Å²) in [6.07, 6.45) is 5.52. The Balaban J connectivity index is 1.29. The Morgan fingerprint density at radius 2 is 2.04 bits per heavy atom. The molecule has 7 nitrogen and oxygen atoms in total. The third-order valence-corrected chi connectivity index (χ3v) is 5.35. The predicted octanol–water partition coefficient (Wildman–Crippen LogP) is 1.23. The van der Waals surface area contributed by atoms with E-state index in [0.29, 0.717) is 12.0 Å². The molecule has 3 fully saturated rings. The van der Waals surface area contributed by atoms with Gasteiger partial charge in [-0.25, -0.2) is 4.98 Å². The van der Waals surface area contributed by atoms with Crippen LogP contribution in [0, 0.1) is 5.92 Å². The Labute approximate surface area is 149 Å². The zero-order valence-corrected chi connectivity index (χ0v) is 14.9. The second-order valence-corrected chi connectivity index (χ2v) is 7.31. The summed E-state index contributed by atoms with van der Waals surface area (Å²) >= 11 is 0. The van der Waals surface area contributed by atoms with Crippen molar-refractivity contribution in [3.63, 3.8) is 0 Å². The third kappa shape index (κ3) is 4.59. The van der Waals surface area contributed by atoms with Crippen LogP contribution in [-0.2, 0) is 9.47 Å². The number of anilines is 2. The fraction of sp³-hybridized carbons (Fsp3) is 0.778. The normalized spacial score (nSPS) is 28.2. The van der Waals surface area contributed by atoms with Crippen LogP contribution in [0.15, 0.2) is 12.3 Å². The van der Waals surface area contributed by atoms with Gasteiger partial charge in [0.05, 0.1) is 19.8 Å². The van der Waals surface area contributed by atoms with Crippen molar-refractivity contribution >= 4 is 11.8 Å². The van der Waals surface area contributed by atoms with Crippen molar-refractivity contribution in [2.24, 2.45) is 5.92 Å². The number of hydrogen-bond acceptors (Lipinski definition) is 7. The van der Waals surface area contributed by atoms with Crippen molar-refractivity contribution < 1.29 is 9.47 Å². The van der Waals surface area contributed by atoms with Crippen LogP contribution in [0.25, 0.3) is 0 Å². The van der Waals surface area contributed by atoms with E-state index < -0.39 is 0 Å². The second-order valence-electron chi connectivity index (χ2n) is 7.31. The lowest BCUT2D eigenvalue weighted by molar-refractivity contribution is 0.0417. The molecule has 3 saturated heterocycles. The fourth-order valence-corrected chi connectivity index (χ4v) is 4.00. The van der Waals surface area contributed by atoms with Gasteiger partial charge in [-0.2, -0.15) is 4.98 Å². The minimum absolute atomic E-state index is 0.435. The van der Waals surface area contributed by atoms with E-state index in [0.717, 1.165) is 77.3 Å². The highest BCUT2D eigenvalue weighted by Crippen LogP contribution is 2.20. The Morgan fingerprint density at radius 3 is 2.88 bits per heavy atom. The van der Waals surface area contributed by atoms with Crippen molar-refractivity contribution in [3.8, 4) is 0 Å². The summed E-state index contributed by atoms with van der Waals surface area (Å²) in [6.45, 7) is 8.60. The highest BCUT2D eigenvalue weighted by molar-refractivity contribution is 5.43. The van der Waals surface area contributed by atoms with Crippen LogP contribution in [-0.4, -0.2) is 80.1 Å². The van der Waals surface area contributed by atoms with Crippen molar-refractivity contribution in [2.45, 2.75) is 25.3 Å². The van der Waals surface area contributed by atoms with E-state index in [4.69, 9.17) is 14.5 Å². The lowest BCUT2D eigenvalue weighted by Crippen LogP contribution is -2.37. The minimum Gasteiger partial charge on any atom is -0.381 e. The molecule has 0 bridgehead atoms. The highest BCUT2D eigenvalue weighted by atomic mass is 16.5. The maximum atomic E-state index is 5.61. The van der Waals surface area contributed by atoms with Crippen LogP contribution >= 0.6 is 0 Å². The first kappa shape index (κ1) is 17.0. The van der Waals surface area contributed by atoms with Gasteiger partial charge in [0, 0.05) is 51.6 Å². The zero-order valence-electron chi connectivity index (χ0n) is 14.9. The maximum absolute atomic E-state index is 5.61. The number of hydrogen-bond donors (Lipinski definition) is 1. The van der Waals surface area contributed by atoms with Crippen LogP contribution in [0.4, 0.5) is 11.8 Å². The molecule has 0 amide bonds. The largest absolute Gasteiger partial charge is 0.381 e. The maximum Gasteiger partial charge on any atom is 0.224 e. The molecule has 3 aliphatic heterocycles. The van der Waals surface area contributed by atoms with Crippen LogP contribution in [0.3, 0.4) is 0 Å². The van der Waals surface area contributed by atoms with Crippen molar-refractivity contribution in [3.05, 3.63) is 12.3 Å². The third-order valence-electron chi connectivity index (χ3n) is 5.35. The van der Waals surface area contributed by atoms with Gasteiger partial charge in [0.2, 0.25) is 5.95 Å². The number of morpholine rings is 1. The Hall–Kier alpha value is -1.44. The molecule has 2 atom stereocenters. The smallest absolute Gasteiger partial charge is 0.224 e. The first-order valence-corrected chi connectivity index (χ1v) is 9.59. The molecule has 0 aromatic carbocycles. The van der Waals surface area contributed by atoms with Gasteiger partial charge in [0.1, 0.15) is 5.82 Å². The standard InChI is InChI=1S/C18H29N5O2/c1-2-15(14-25-9-1)12-22-6-4-16(13-22)20-18-19-5-3-17(21-18)23-7-10-24-11-8-23/h3,5,15-16H,1-2,4,6-14H2,(H,19,20,21). The van der Waals surface area contributed by atoms with Crippen molar-refractivity contribution in [1.82, 2.24) is 14.9 Å². The molecule has 138 valence electrons. The molecule has 4 rings (SSSR count). The lowest BCUT2D eigenvalue weighted by Gasteiger charge is -2.28. The Morgan fingerprint density at radius 1 is 1.12 bits per heavy atom. The number of aromatic nitrogens is 2. The summed E-state index contributed by atoms with van der Waals surface area (Å²) in [6, 6.07) is 2.42. The molecule has 7 heteroatoms.